The van der Waals surface area contributed by atoms with Crippen LogP contribution in [0.15, 0.2) is 0 Å². The average molecular weight is 225 g/mol. The molecule has 2 nitrogen and oxygen atoms in total. The van der Waals surface area contributed by atoms with Gasteiger partial charge >= 0.3 is 0 Å². The summed E-state index contributed by atoms with van der Waals surface area (Å²) in [5, 5.41) is 3.72. The van der Waals surface area contributed by atoms with E-state index in [2.05, 4.69) is 12.2 Å². The molecule has 1 unspecified atom stereocenters. The summed E-state index contributed by atoms with van der Waals surface area (Å²) < 4.78 is 5.82. The van der Waals surface area contributed by atoms with Crippen LogP contribution in [0.4, 0.5) is 0 Å². The van der Waals surface area contributed by atoms with Crippen LogP contribution >= 0.6 is 0 Å². The van der Waals surface area contributed by atoms with E-state index < -0.39 is 0 Å². The summed E-state index contributed by atoms with van der Waals surface area (Å²) in [7, 11) is 1.90. The highest BCUT2D eigenvalue weighted by molar-refractivity contribution is 5.00. The van der Waals surface area contributed by atoms with Gasteiger partial charge in [0.2, 0.25) is 0 Å². The first-order valence-corrected chi connectivity index (χ1v) is 7.09. The lowest BCUT2D eigenvalue weighted by Gasteiger charge is -2.47. The van der Waals surface area contributed by atoms with E-state index in [0.29, 0.717) is 6.04 Å². The second-order valence-corrected chi connectivity index (χ2v) is 5.65. The number of hydrogen-bond acceptors (Lipinski definition) is 2. The van der Waals surface area contributed by atoms with Gasteiger partial charge in [0.05, 0.1) is 5.60 Å². The molecule has 94 valence electrons. The minimum absolute atomic E-state index is 0.185. The third kappa shape index (κ3) is 2.78. The maximum Gasteiger partial charge on any atom is 0.0831 e. The van der Waals surface area contributed by atoms with Gasteiger partial charge in [-0.05, 0) is 51.0 Å². The predicted octanol–water partition coefficient (Wildman–Crippen LogP) is 3.11. The number of ether oxygens (including phenoxy) is 1. The van der Waals surface area contributed by atoms with E-state index in [-0.39, 0.29) is 5.60 Å². The molecule has 2 aliphatic rings. The third-order valence-corrected chi connectivity index (χ3v) is 4.44. The molecule has 2 saturated carbocycles. The van der Waals surface area contributed by atoms with Gasteiger partial charge in [-0.3, -0.25) is 0 Å². The van der Waals surface area contributed by atoms with Gasteiger partial charge in [0.15, 0.2) is 0 Å². The maximum atomic E-state index is 5.82. The van der Waals surface area contributed by atoms with E-state index in [4.69, 9.17) is 4.74 Å². The first-order chi connectivity index (χ1) is 7.80. The Morgan fingerprint density at radius 2 is 2.12 bits per heavy atom. The summed E-state index contributed by atoms with van der Waals surface area (Å²) in [5.74, 6) is 1.04. The molecule has 0 aliphatic heterocycles. The summed E-state index contributed by atoms with van der Waals surface area (Å²) >= 11 is 0. The van der Waals surface area contributed by atoms with Gasteiger partial charge in [-0.2, -0.15) is 0 Å². The molecule has 1 atom stereocenters. The molecular formula is C14H27NO. The molecule has 0 aromatic rings. The topological polar surface area (TPSA) is 21.3 Å². The van der Waals surface area contributed by atoms with E-state index in [1.165, 1.54) is 51.4 Å². The lowest BCUT2D eigenvalue weighted by molar-refractivity contribution is -0.100. The van der Waals surface area contributed by atoms with Crippen molar-refractivity contribution in [3.63, 3.8) is 0 Å². The average Bonchev–Trinajstić information content (AvgIpc) is 3.04. The standard InChI is InChI=1S/C14H27NO/c1-3-11-15-13(8-7-12-5-6-12)14(16-2)9-4-10-14/h12-13,15H,3-11H2,1-2H3. The first kappa shape index (κ1) is 12.4. The molecular weight excluding hydrogens is 198 g/mol. The molecule has 1 N–H and O–H groups in total. The molecule has 0 spiro atoms. The fourth-order valence-electron chi connectivity index (χ4n) is 2.90. The van der Waals surface area contributed by atoms with Crippen LogP contribution in [-0.4, -0.2) is 25.3 Å². The fraction of sp³-hybridized carbons (Fsp3) is 1.00. The minimum Gasteiger partial charge on any atom is -0.377 e. The molecule has 2 aliphatic carbocycles. The molecule has 0 heterocycles. The lowest BCUT2D eigenvalue weighted by Crippen LogP contribution is -2.56. The molecule has 0 amide bonds. The van der Waals surface area contributed by atoms with Crippen molar-refractivity contribution < 1.29 is 4.74 Å². The largest absolute Gasteiger partial charge is 0.377 e. The molecule has 0 saturated heterocycles. The number of hydrogen-bond donors (Lipinski definition) is 1. The van der Waals surface area contributed by atoms with Crippen LogP contribution in [-0.2, 0) is 4.74 Å². The quantitative estimate of drug-likeness (QED) is 0.685. The Morgan fingerprint density at radius 1 is 1.38 bits per heavy atom. The number of nitrogens with one attached hydrogen (secondary N) is 1. The Kier molecular flexibility index (Phi) is 4.26. The van der Waals surface area contributed by atoms with Crippen molar-refractivity contribution in [1.29, 1.82) is 0 Å². The van der Waals surface area contributed by atoms with Crippen LogP contribution in [0, 0.1) is 5.92 Å². The first-order valence-electron chi connectivity index (χ1n) is 7.09. The lowest BCUT2D eigenvalue weighted by atomic mass is 9.73. The molecule has 0 aromatic heterocycles. The smallest absolute Gasteiger partial charge is 0.0831 e. The second kappa shape index (κ2) is 5.50. The molecule has 2 heteroatoms. The van der Waals surface area contributed by atoms with Crippen molar-refractivity contribution in [2.24, 2.45) is 5.92 Å². The van der Waals surface area contributed by atoms with Crippen molar-refractivity contribution in [2.45, 2.75) is 69.9 Å². The van der Waals surface area contributed by atoms with Crippen LogP contribution in [0.3, 0.4) is 0 Å². The molecule has 2 rings (SSSR count). The third-order valence-electron chi connectivity index (χ3n) is 4.44. The van der Waals surface area contributed by atoms with Crippen molar-refractivity contribution in [2.75, 3.05) is 13.7 Å². The van der Waals surface area contributed by atoms with Gasteiger partial charge in [-0.25, -0.2) is 0 Å². The van der Waals surface area contributed by atoms with Gasteiger partial charge in [0, 0.05) is 13.2 Å². The van der Waals surface area contributed by atoms with Crippen molar-refractivity contribution in [3.05, 3.63) is 0 Å². The van der Waals surface area contributed by atoms with Gasteiger partial charge in [-0.15, -0.1) is 0 Å². The van der Waals surface area contributed by atoms with Gasteiger partial charge < -0.3 is 10.1 Å². The highest BCUT2D eigenvalue weighted by Gasteiger charge is 2.44. The monoisotopic (exact) mass is 225 g/mol. The fourth-order valence-corrected chi connectivity index (χ4v) is 2.90. The van der Waals surface area contributed by atoms with E-state index in [1.54, 1.807) is 0 Å². The Morgan fingerprint density at radius 3 is 2.56 bits per heavy atom. The Labute approximate surface area is 100 Å². The summed E-state index contributed by atoms with van der Waals surface area (Å²) in [6.45, 7) is 3.38. The zero-order chi connectivity index (χ0) is 11.4. The van der Waals surface area contributed by atoms with Crippen LogP contribution in [0.2, 0.25) is 0 Å². The summed E-state index contributed by atoms with van der Waals surface area (Å²) in [5.41, 5.74) is 0.185. The van der Waals surface area contributed by atoms with Crippen LogP contribution in [0.5, 0.6) is 0 Å². The number of methoxy groups -OCH3 is 1. The van der Waals surface area contributed by atoms with Crippen LogP contribution in [0.1, 0.15) is 58.3 Å². The highest BCUT2D eigenvalue weighted by atomic mass is 16.5. The molecule has 0 radical (unpaired) electrons. The highest BCUT2D eigenvalue weighted by Crippen LogP contribution is 2.42. The summed E-state index contributed by atoms with van der Waals surface area (Å²) in [4.78, 5) is 0. The summed E-state index contributed by atoms with van der Waals surface area (Å²) in [6.07, 6.45) is 10.8. The molecule has 0 aromatic carbocycles. The van der Waals surface area contributed by atoms with Crippen LogP contribution < -0.4 is 5.32 Å². The Bertz CT molecular complexity index is 203. The second-order valence-electron chi connectivity index (χ2n) is 5.65. The molecule has 0 bridgehead atoms. The molecule has 2 fully saturated rings. The van der Waals surface area contributed by atoms with Gasteiger partial charge in [-0.1, -0.05) is 19.8 Å². The Balaban J connectivity index is 1.83. The zero-order valence-electron chi connectivity index (χ0n) is 10.9. The SMILES string of the molecule is CCCNC(CCC1CC1)C1(OC)CCC1. The van der Waals surface area contributed by atoms with Crippen molar-refractivity contribution >= 4 is 0 Å². The van der Waals surface area contributed by atoms with E-state index in [1.807, 2.05) is 7.11 Å². The van der Waals surface area contributed by atoms with E-state index in [0.717, 1.165) is 12.5 Å². The normalized spacial score (nSPS) is 25.1. The minimum atomic E-state index is 0.185. The van der Waals surface area contributed by atoms with Gasteiger partial charge in [0.25, 0.3) is 0 Å². The van der Waals surface area contributed by atoms with E-state index >= 15 is 0 Å². The maximum absolute atomic E-state index is 5.82. The Hall–Kier alpha value is -0.0800. The zero-order valence-corrected chi connectivity index (χ0v) is 10.9. The van der Waals surface area contributed by atoms with Crippen LogP contribution in [0.25, 0.3) is 0 Å². The van der Waals surface area contributed by atoms with Crippen molar-refractivity contribution in [1.82, 2.24) is 5.32 Å². The predicted molar refractivity (Wildman–Crippen MR) is 67.6 cm³/mol. The van der Waals surface area contributed by atoms with Gasteiger partial charge in [0.1, 0.15) is 0 Å². The van der Waals surface area contributed by atoms with Crippen molar-refractivity contribution in [3.8, 4) is 0 Å². The molecule has 16 heavy (non-hydrogen) atoms. The number of rotatable bonds is 8. The van der Waals surface area contributed by atoms with E-state index in [9.17, 15) is 0 Å². The summed E-state index contributed by atoms with van der Waals surface area (Å²) in [6, 6.07) is 0.604.